The van der Waals surface area contributed by atoms with Crippen molar-refractivity contribution in [3.63, 3.8) is 0 Å². The number of alkyl carbamates (subject to hydrolysis) is 2. The number of carbonyl (C=O) groups is 4. The molecule has 4 saturated heterocycles. The summed E-state index contributed by atoms with van der Waals surface area (Å²) in [6, 6.07) is 19.4. The molecule has 3 aromatic carbocycles. The van der Waals surface area contributed by atoms with Crippen molar-refractivity contribution >= 4 is 34.8 Å². The van der Waals surface area contributed by atoms with Crippen LogP contribution in [0.15, 0.2) is 73.1 Å². The van der Waals surface area contributed by atoms with Crippen LogP contribution in [-0.4, -0.2) is 120 Å². The van der Waals surface area contributed by atoms with Crippen LogP contribution in [0.4, 0.5) is 9.59 Å². The van der Waals surface area contributed by atoms with Gasteiger partial charge in [0, 0.05) is 45.1 Å². The van der Waals surface area contributed by atoms with E-state index < -0.39 is 24.3 Å². The van der Waals surface area contributed by atoms with Crippen molar-refractivity contribution in [3.05, 3.63) is 84.7 Å². The number of hydrogen-bond donors (Lipinski definition) is 4. The third-order valence-electron chi connectivity index (χ3n) is 15.1. The van der Waals surface area contributed by atoms with Crippen LogP contribution >= 0.6 is 0 Å². The summed E-state index contributed by atoms with van der Waals surface area (Å²) in [7, 11) is 2.64. The lowest BCUT2D eigenvalue weighted by molar-refractivity contribution is -0.141. The number of aromatic nitrogens is 4. The Morgan fingerprint density at radius 2 is 1.09 bits per heavy atom. The number of nitrogens with zero attached hydrogens (tertiary/aromatic N) is 4. The van der Waals surface area contributed by atoms with E-state index in [0.29, 0.717) is 77.0 Å². The molecule has 4 fully saturated rings. The van der Waals surface area contributed by atoms with E-state index in [2.05, 4.69) is 95.1 Å². The van der Waals surface area contributed by atoms with E-state index in [-0.39, 0.29) is 35.7 Å². The highest BCUT2D eigenvalue weighted by Gasteiger charge is 2.42. The summed E-state index contributed by atoms with van der Waals surface area (Å²) in [5.74, 6) is 1.87. The molecule has 4 amide bonds. The number of hydrogen-bond acceptors (Lipinski definition) is 10. The van der Waals surface area contributed by atoms with Crippen LogP contribution < -0.4 is 10.6 Å². The number of piperidine rings is 2. The van der Waals surface area contributed by atoms with Gasteiger partial charge in [0.05, 0.1) is 50.1 Å². The van der Waals surface area contributed by atoms with Gasteiger partial charge in [-0.25, -0.2) is 19.6 Å². The van der Waals surface area contributed by atoms with Gasteiger partial charge in [-0.3, -0.25) is 9.59 Å². The zero-order valence-electron chi connectivity index (χ0n) is 40.2. The topological polar surface area (TPSA) is 193 Å². The van der Waals surface area contributed by atoms with E-state index in [1.807, 2.05) is 22.2 Å². The number of imidazole rings is 2. The maximum Gasteiger partial charge on any atom is 0.407 e. The molecule has 16 heteroatoms. The van der Waals surface area contributed by atoms with E-state index in [4.69, 9.17) is 28.9 Å². The highest BCUT2D eigenvalue weighted by atomic mass is 16.5. The van der Waals surface area contributed by atoms with Crippen LogP contribution in [0, 0.1) is 23.7 Å². The van der Waals surface area contributed by atoms with Gasteiger partial charge >= 0.3 is 12.2 Å². The Morgan fingerprint density at radius 3 is 1.62 bits per heavy atom. The van der Waals surface area contributed by atoms with Crippen LogP contribution in [-0.2, 0) is 28.5 Å². The fourth-order valence-electron chi connectivity index (χ4n) is 10.9. The lowest BCUT2D eigenvalue weighted by Crippen LogP contribution is -2.55. The average molecular weight is 943 g/mol. The van der Waals surface area contributed by atoms with Gasteiger partial charge in [-0.1, -0.05) is 68.8 Å². The maximum atomic E-state index is 14.5. The Labute approximate surface area is 403 Å². The first-order valence-electron chi connectivity index (χ1n) is 24.8. The second-order valence-corrected chi connectivity index (χ2v) is 19.4. The van der Waals surface area contributed by atoms with E-state index in [9.17, 15) is 19.2 Å². The first kappa shape index (κ1) is 47.8. The summed E-state index contributed by atoms with van der Waals surface area (Å²) in [5.41, 5.74) is 5.90. The number of methoxy groups -OCH3 is 2. The molecule has 6 atom stereocenters. The molecule has 6 heterocycles. The Morgan fingerprint density at radius 1 is 0.623 bits per heavy atom. The van der Waals surface area contributed by atoms with E-state index in [0.717, 1.165) is 88.2 Å². The van der Waals surface area contributed by atoms with Gasteiger partial charge in [0.15, 0.2) is 0 Å². The van der Waals surface area contributed by atoms with E-state index in [1.54, 1.807) is 0 Å². The number of benzene rings is 3. The number of likely N-dealkylation sites (tertiary alicyclic amines) is 2. The number of ether oxygens (including phenoxy) is 4. The second-order valence-electron chi connectivity index (χ2n) is 19.4. The smallest absolute Gasteiger partial charge is 0.407 e. The minimum Gasteiger partial charge on any atom is -0.453 e. The van der Waals surface area contributed by atoms with Crippen molar-refractivity contribution in [2.45, 2.75) is 95.8 Å². The maximum absolute atomic E-state index is 14.5. The minimum absolute atomic E-state index is 0.0416. The molecule has 4 N–H and O–H groups in total. The standard InChI is InChI=1S/C53H66N8O8/c1-5-33-7-17-45(61(31-33)51(63)47(59-53(65)67-4)37-20-24-69-25-21-37)49-55-29-43(57-49)41-15-14-39-26-38(12-13-40(39)27-41)34-8-10-35(11-9-34)42-28-54-48(56-42)44-16-6-32(2)30-60(44)50(62)46(58-52(64)66-3)36-18-22-68-23-19-36/h8-15,26-29,32-33,36-37,44-47H,5-7,16-25,30-31H2,1-4H3,(H,54,56)(H,55,57)(H,58,64)(H,59,65)/t32-,33-,44-,45-,46-,47-/m0/s1. The summed E-state index contributed by atoms with van der Waals surface area (Å²) >= 11 is 0. The molecule has 69 heavy (non-hydrogen) atoms. The van der Waals surface area contributed by atoms with E-state index >= 15 is 0 Å². The van der Waals surface area contributed by atoms with Crippen molar-refractivity contribution in [2.75, 3.05) is 53.7 Å². The summed E-state index contributed by atoms with van der Waals surface area (Å²) in [4.78, 5) is 74.3. The molecule has 16 nitrogen and oxygen atoms in total. The summed E-state index contributed by atoms with van der Waals surface area (Å²) in [5, 5.41) is 7.93. The number of rotatable bonds is 12. The SMILES string of the molecule is CC[C@H]1CC[C@@H](c2ncc(-c3ccc4cc(-c5ccc(-c6cnc([C@@H]7CC[C@H](C)CN7C(=O)[C@@H](NC(=O)OC)C7CCOCC7)[nH]6)cc5)ccc4c3)[nH]2)N(C(=O)[C@@H](NC(=O)OC)C2CCOCC2)C1. The monoisotopic (exact) mass is 943 g/mol. The van der Waals surface area contributed by atoms with Crippen molar-refractivity contribution in [1.82, 2.24) is 40.4 Å². The van der Waals surface area contributed by atoms with Crippen LogP contribution in [0.1, 0.15) is 95.4 Å². The Kier molecular flexibility index (Phi) is 14.9. The van der Waals surface area contributed by atoms with Crippen LogP contribution in [0.25, 0.3) is 44.4 Å². The van der Waals surface area contributed by atoms with Crippen LogP contribution in [0.3, 0.4) is 0 Å². The first-order chi connectivity index (χ1) is 33.6. The van der Waals surface area contributed by atoms with Gasteiger partial charge in [-0.05, 0) is 115 Å². The number of aromatic amines is 2. The Hall–Kier alpha value is -6.26. The van der Waals surface area contributed by atoms with Crippen molar-refractivity contribution < 1.29 is 38.1 Å². The number of amides is 4. The largest absolute Gasteiger partial charge is 0.453 e. The Balaban J connectivity index is 0.888. The fourth-order valence-corrected chi connectivity index (χ4v) is 10.9. The number of nitrogens with one attached hydrogen (secondary N) is 4. The molecule has 0 unspecified atom stereocenters. The third kappa shape index (κ3) is 10.7. The minimum atomic E-state index is -0.703. The van der Waals surface area contributed by atoms with Crippen molar-refractivity contribution in [2.24, 2.45) is 23.7 Å². The average Bonchev–Trinajstić information content (AvgIpc) is 4.11. The normalized spacial score (nSPS) is 22.4. The molecule has 0 aliphatic carbocycles. The zero-order valence-corrected chi connectivity index (χ0v) is 40.2. The number of fused-ring (bicyclic) bond motifs is 1. The van der Waals surface area contributed by atoms with Gasteiger partial charge < -0.3 is 49.3 Å². The van der Waals surface area contributed by atoms with Crippen LogP contribution in [0.2, 0.25) is 0 Å². The molecule has 0 saturated carbocycles. The van der Waals surface area contributed by atoms with Gasteiger partial charge in [0.25, 0.3) is 0 Å². The molecule has 0 spiro atoms. The van der Waals surface area contributed by atoms with Crippen LogP contribution in [0.5, 0.6) is 0 Å². The molecule has 0 bridgehead atoms. The predicted octanol–water partition coefficient (Wildman–Crippen LogP) is 8.58. The third-order valence-corrected chi connectivity index (χ3v) is 15.1. The summed E-state index contributed by atoms with van der Waals surface area (Å²) in [6.45, 7) is 7.72. The van der Waals surface area contributed by atoms with Gasteiger partial charge in [0.1, 0.15) is 23.7 Å². The fraction of sp³-hybridized carbons (Fsp3) is 0.509. The lowest BCUT2D eigenvalue weighted by atomic mass is 9.86. The molecule has 2 aromatic heterocycles. The Bertz CT molecular complexity index is 2580. The predicted molar refractivity (Wildman–Crippen MR) is 261 cm³/mol. The summed E-state index contributed by atoms with van der Waals surface area (Å²) < 4.78 is 21.0. The highest BCUT2D eigenvalue weighted by Crippen LogP contribution is 2.38. The summed E-state index contributed by atoms with van der Waals surface area (Å²) in [6.07, 6.45) is 9.68. The second kappa shape index (κ2) is 21.6. The molecule has 0 radical (unpaired) electrons. The van der Waals surface area contributed by atoms with Gasteiger partial charge in [0.2, 0.25) is 11.8 Å². The van der Waals surface area contributed by atoms with Crippen molar-refractivity contribution in [3.8, 4) is 33.6 Å². The quantitative estimate of drug-likeness (QED) is 0.0942. The molecular formula is C53H66N8O8. The molecule has 5 aromatic rings. The highest BCUT2D eigenvalue weighted by molar-refractivity contribution is 5.91. The van der Waals surface area contributed by atoms with Crippen molar-refractivity contribution in [1.29, 1.82) is 0 Å². The first-order valence-corrected chi connectivity index (χ1v) is 24.8. The number of carbonyl (C=O) groups excluding carboxylic acids is 4. The van der Waals surface area contributed by atoms with Gasteiger partial charge in [-0.2, -0.15) is 0 Å². The molecule has 4 aliphatic heterocycles. The molecular weight excluding hydrogens is 877 g/mol. The van der Waals surface area contributed by atoms with Gasteiger partial charge in [-0.15, -0.1) is 0 Å². The molecule has 366 valence electrons. The zero-order chi connectivity index (χ0) is 48.0. The van der Waals surface area contributed by atoms with E-state index in [1.165, 1.54) is 14.2 Å². The lowest BCUT2D eigenvalue weighted by Gasteiger charge is -2.42. The molecule has 9 rings (SSSR count). The molecule has 4 aliphatic rings. The number of H-pyrrole nitrogens is 2.